The second-order valence-electron chi connectivity index (χ2n) is 9.47. The zero-order chi connectivity index (χ0) is 23.5. The highest BCUT2D eigenvalue weighted by molar-refractivity contribution is 5.85. The lowest BCUT2D eigenvalue weighted by molar-refractivity contribution is -0.212. The molecule has 0 bridgehead atoms. The van der Waals surface area contributed by atoms with Gasteiger partial charge in [0.15, 0.2) is 17.3 Å². The van der Waals surface area contributed by atoms with E-state index >= 15 is 0 Å². The van der Waals surface area contributed by atoms with Crippen LogP contribution in [0.1, 0.15) is 60.8 Å². The molecule has 3 rings (SSSR count). The summed E-state index contributed by atoms with van der Waals surface area (Å²) in [5, 5.41) is 33.4. The first-order chi connectivity index (χ1) is 14.2. The van der Waals surface area contributed by atoms with Crippen molar-refractivity contribution < 1.29 is 43.9 Å². The molecule has 9 heteroatoms. The topological polar surface area (TPSA) is 140 Å². The predicted molar refractivity (Wildman–Crippen MR) is 106 cm³/mol. The fraction of sp³-hybridized carbons (Fsp3) is 0.773. The van der Waals surface area contributed by atoms with Gasteiger partial charge in [0.1, 0.15) is 11.7 Å². The van der Waals surface area contributed by atoms with Crippen LogP contribution in [0.25, 0.3) is 0 Å². The molecule has 1 unspecified atom stereocenters. The number of carbonyl (C=O) groups is 3. The third-order valence-electron chi connectivity index (χ3n) is 7.34. The summed E-state index contributed by atoms with van der Waals surface area (Å²) in [6.07, 6.45) is -3.22. The molecule has 3 aliphatic rings. The lowest BCUT2D eigenvalue weighted by atomic mass is 9.75. The average Bonchev–Trinajstić information content (AvgIpc) is 3.03. The molecule has 8 atom stereocenters. The Morgan fingerprint density at radius 3 is 2.45 bits per heavy atom. The van der Waals surface area contributed by atoms with Gasteiger partial charge in [0.2, 0.25) is 0 Å². The van der Waals surface area contributed by atoms with Crippen LogP contribution in [0.2, 0.25) is 0 Å². The van der Waals surface area contributed by atoms with Crippen LogP contribution in [-0.2, 0) is 28.6 Å². The summed E-state index contributed by atoms with van der Waals surface area (Å²) in [7, 11) is 0. The van der Waals surface area contributed by atoms with Gasteiger partial charge in [-0.1, -0.05) is 13.8 Å². The van der Waals surface area contributed by atoms with Gasteiger partial charge in [-0.05, 0) is 44.8 Å². The molecule has 1 saturated carbocycles. The van der Waals surface area contributed by atoms with Crippen LogP contribution in [0, 0.1) is 11.8 Å². The molecule has 0 radical (unpaired) electrons. The van der Waals surface area contributed by atoms with Gasteiger partial charge in [0.05, 0.1) is 12.0 Å². The monoisotopic (exact) mass is 440 g/mol. The molecule has 0 aromatic rings. The van der Waals surface area contributed by atoms with E-state index in [0.29, 0.717) is 17.6 Å². The van der Waals surface area contributed by atoms with Crippen LogP contribution in [0.5, 0.6) is 0 Å². The molecule has 0 amide bonds. The number of hydrogen-bond donors (Lipinski definition) is 3. The van der Waals surface area contributed by atoms with Crippen molar-refractivity contribution in [2.45, 2.75) is 95.9 Å². The molecule has 174 valence electrons. The van der Waals surface area contributed by atoms with Gasteiger partial charge in [0.25, 0.3) is 0 Å². The van der Waals surface area contributed by atoms with Crippen molar-refractivity contribution in [3.63, 3.8) is 0 Å². The Labute approximate surface area is 181 Å². The summed E-state index contributed by atoms with van der Waals surface area (Å²) >= 11 is 0. The quantitative estimate of drug-likeness (QED) is 0.328. The Bertz CT molecular complexity index is 831. The van der Waals surface area contributed by atoms with E-state index in [4.69, 9.17) is 14.2 Å². The van der Waals surface area contributed by atoms with Gasteiger partial charge in [-0.25, -0.2) is 4.79 Å². The summed E-state index contributed by atoms with van der Waals surface area (Å²) < 4.78 is 16.8. The molecule has 1 aliphatic heterocycles. The smallest absolute Gasteiger partial charge is 0.341 e. The van der Waals surface area contributed by atoms with E-state index in [1.54, 1.807) is 27.7 Å². The zero-order valence-corrected chi connectivity index (χ0v) is 18.8. The number of aliphatic hydroxyl groups excluding tert-OH is 1. The van der Waals surface area contributed by atoms with Gasteiger partial charge < -0.3 is 29.5 Å². The van der Waals surface area contributed by atoms with Crippen molar-refractivity contribution in [2.24, 2.45) is 11.8 Å². The first kappa shape index (κ1) is 23.7. The number of ether oxygens (including phenoxy) is 3. The Kier molecular flexibility index (Phi) is 5.78. The van der Waals surface area contributed by atoms with E-state index in [1.807, 2.05) is 0 Å². The minimum Gasteiger partial charge on any atom is -0.459 e. The maximum atomic E-state index is 12.7. The minimum absolute atomic E-state index is 0.170. The fourth-order valence-electron chi connectivity index (χ4n) is 5.14. The molecule has 31 heavy (non-hydrogen) atoms. The second-order valence-corrected chi connectivity index (χ2v) is 9.47. The molecular formula is C22H32O9. The van der Waals surface area contributed by atoms with Crippen LogP contribution in [0.3, 0.4) is 0 Å². The van der Waals surface area contributed by atoms with Crippen LogP contribution >= 0.6 is 0 Å². The molecule has 0 aromatic heterocycles. The van der Waals surface area contributed by atoms with E-state index < -0.39 is 64.9 Å². The summed E-state index contributed by atoms with van der Waals surface area (Å²) in [5.41, 5.74) is -5.18. The highest BCUT2D eigenvalue weighted by Crippen LogP contribution is 2.56. The summed E-state index contributed by atoms with van der Waals surface area (Å²) in [6, 6.07) is 0. The number of aliphatic hydroxyl groups is 3. The predicted octanol–water partition coefficient (Wildman–Crippen LogP) is 0.775. The van der Waals surface area contributed by atoms with E-state index in [9.17, 15) is 29.7 Å². The number of rotatable bonds is 4. The molecule has 9 nitrogen and oxygen atoms in total. The standard InChI is InChI=1S/C22H32O9/c1-7-10(2)18(25)29-15-9-20(5,31-12(4)23)13-8-14(24)11(3)16(13)17-22(15,28)21(6,27)19(26)30-17/h10,13-15,17,24,27-28H,7-9H2,1-6H3/t10?,13-,14+,15-,17-,20-,21+,22+/m0/s1. The van der Waals surface area contributed by atoms with Gasteiger partial charge in [-0.2, -0.15) is 0 Å². The van der Waals surface area contributed by atoms with Gasteiger partial charge >= 0.3 is 17.9 Å². The Balaban J connectivity index is 2.22. The van der Waals surface area contributed by atoms with Gasteiger partial charge in [0, 0.05) is 19.3 Å². The number of hydrogen-bond acceptors (Lipinski definition) is 9. The van der Waals surface area contributed by atoms with Crippen molar-refractivity contribution >= 4 is 17.9 Å². The molecular weight excluding hydrogens is 408 g/mol. The van der Waals surface area contributed by atoms with E-state index in [0.717, 1.165) is 6.92 Å². The highest BCUT2D eigenvalue weighted by Gasteiger charge is 2.74. The fourth-order valence-corrected chi connectivity index (χ4v) is 5.14. The molecule has 0 spiro atoms. The van der Waals surface area contributed by atoms with E-state index in [2.05, 4.69) is 0 Å². The lowest BCUT2D eigenvalue weighted by Gasteiger charge is -2.41. The Hall–Kier alpha value is -1.97. The maximum Gasteiger partial charge on any atom is 0.341 e. The Morgan fingerprint density at radius 2 is 1.90 bits per heavy atom. The lowest BCUT2D eigenvalue weighted by Crippen LogP contribution is -2.64. The average molecular weight is 440 g/mol. The maximum absolute atomic E-state index is 12.7. The summed E-state index contributed by atoms with van der Waals surface area (Å²) in [6.45, 7) is 9.10. The largest absolute Gasteiger partial charge is 0.459 e. The first-order valence-electron chi connectivity index (χ1n) is 10.6. The summed E-state index contributed by atoms with van der Waals surface area (Å²) in [4.78, 5) is 37.2. The highest BCUT2D eigenvalue weighted by atomic mass is 16.6. The van der Waals surface area contributed by atoms with Crippen molar-refractivity contribution in [2.75, 3.05) is 0 Å². The molecule has 1 heterocycles. The second kappa shape index (κ2) is 7.56. The van der Waals surface area contributed by atoms with Gasteiger partial charge in [-0.3, -0.25) is 9.59 Å². The van der Waals surface area contributed by atoms with Gasteiger partial charge in [-0.15, -0.1) is 0 Å². The number of esters is 3. The van der Waals surface area contributed by atoms with Crippen LogP contribution in [-0.4, -0.2) is 68.3 Å². The minimum atomic E-state index is -2.40. The molecule has 0 aromatic carbocycles. The van der Waals surface area contributed by atoms with Crippen molar-refractivity contribution in [1.82, 2.24) is 0 Å². The van der Waals surface area contributed by atoms with Crippen LogP contribution < -0.4 is 0 Å². The van der Waals surface area contributed by atoms with Crippen molar-refractivity contribution in [3.05, 3.63) is 11.1 Å². The van der Waals surface area contributed by atoms with Crippen LogP contribution in [0.15, 0.2) is 11.1 Å². The third kappa shape index (κ3) is 3.37. The number of carbonyl (C=O) groups excluding carboxylic acids is 3. The normalized spacial score (nSPS) is 42.9. The van der Waals surface area contributed by atoms with Crippen molar-refractivity contribution in [1.29, 1.82) is 0 Å². The SMILES string of the molecule is CCC(C)C(=O)O[C@H]1C[C@](C)(OC(C)=O)[C@H]2C[C@@H](O)C(C)=C2[C@@H]2OC(=O)[C@@](C)(O)[C@@]12O. The molecule has 3 N–H and O–H groups in total. The number of fused-ring (bicyclic) bond motifs is 3. The van der Waals surface area contributed by atoms with Crippen molar-refractivity contribution in [3.8, 4) is 0 Å². The van der Waals surface area contributed by atoms with E-state index in [1.165, 1.54) is 6.92 Å². The van der Waals surface area contributed by atoms with Crippen LogP contribution in [0.4, 0.5) is 0 Å². The molecule has 2 aliphatic carbocycles. The molecule has 2 fully saturated rings. The van der Waals surface area contributed by atoms with E-state index in [-0.39, 0.29) is 12.8 Å². The third-order valence-corrected chi connectivity index (χ3v) is 7.34. The zero-order valence-electron chi connectivity index (χ0n) is 18.8. The molecule has 1 saturated heterocycles. The first-order valence-corrected chi connectivity index (χ1v) is 10.6. The summed E-state index contributed by atoms with van der Waals surface area (Å²) in [5.74, 6) is -3.36. The Morgan fingerprint density at radius 1 is 1.29 bits per heavy atom.